The van der Waals surface area contributed by atoms with Crippen LogP contribution in [0.15, 0.2) is 36.9 Å². The molecule has 0 saturated carbocycles. The van der Waals surface area contributed by atoms with Crippen molar-refractivity contribution in [2.75, 3.05) is 0 Å². The van der Waals surface area contributed by atoms with Crippen LogP contribution in [-0.4, -0.2) is 10.9 Å². The molecule has 0 bridgehead atoms. The van der Waals surface area contributed by atoms with Crippen LogP contribution < -0.4 is 0 Å². The highest BCUT2D eigenvalue weighted by Crippen LogP contribution is 2.13. The van der Waals surface area contributed by atoms with Crippen molar-refractivity contribution in [3.8, 4) is 5.75 Å². The smallest absolute Gasteiger partial charge is 0.163 e. The quantitative estimate of drug-likeness (QED) is 0.621. The van der Waals surface area contributed by atoms with Gasteiger partial charge in [0.05, 0.1) is 0 Å². The normalized spacial score (nSPS) is 9.25. The minimum absolute atomic E-state index is 0.134. The van der Waals surface area contributed by atoms with Gasteiger partial charge in [-0.25, -0.2) is 0 Å². The molecule has 1 rings (SSSR count). The molecule has 0 unspecified atom stereocenters. The number of rotatable bonds is 3. The molecule has 0 saturated heterocycles. The van der Waals surface area contributed by atoms with E-state index in [4.69, 9.17) is 5.11 Å². The van der Waals surface area contributed by atoms with E-state index in [1.54, 1.807) is 18.2 Å². The molecular formula is C14H20O2. The molecule has 0 aliphatic heterocycles. The first kappa shape index (κ1) is 14.4. The predicted octanol–water partition coefficient (Wildman–Crippen LogP) is 3.81. The van der Waals surface area contributed by atoms with Gasteiger partial charge in [0.2, 0.25) is 0 Å². The number of carbonyl (C=O) groups excluding carboxylic acids is 1. The Morgan fingerprint density at radius 3 is 2.19 bits per heavy atom. The number of aromatic hydroxyl groups is 1. The van der Waals surface area contributed by atoms with Crippen LogP contribution in [0.5, 0.6) is 5.75 Å². The molecule has 0 aromatic heterocycles. The number of allylic oxidation sites excluding steroid dienone is 1. The number of phenols is 1. The fourth-order valence-electron chi connectivity index (χ4n) is 1.14. The Balaban J connectivity index is 0.000000673. The lowest BCUT2D eigenvalue weighted by Gasteiger charge is -2.03. The first-order valence-electron chi connectivity index (χ1n) is 5.40. The molecule has 2 nitrogen and oxygen atoms in total. The Hall–Kier alpha value is -1.57. The summed E-state index contributed by atoms with van der Waals surface area (Å²) in [5, 5.41) is 9.01. The van der Waals surface area contributed by atoms with Crippen LogP contribution in [0.4, 0.5) is 0 Å². The number of hydrogen-bond donors (Lipinski definition) is 1. The van der Waals surface area contributed by atoms with Crippen molar-refractivity contribution < 1.29 is 9.90 Å². The van der Waals surface area contributed by atoms with Crippen molar-refractivity contribution in [1.29, 1.82) is 0 Å². The van der Waals surface area contributed by atoms with Gasteiger partial charge >= 0.3 is 0 Å². The molecule has 0 amide bonds. The van der Waals surface area contributed by atoms with Crippen LogP contribution in [0.3, 0.4) is 0 Å². The summed E-state index contributed by atoms with van der Waals surface area (Å²) in [4.78, 5) is 11.5. The van der Waals surface area contributed by atoms with Crippen LogP contribution in [-0.2, 0) is 0 Å². The molecule has 0 radical (unpaired) electrons. The van der Waals surface area contributed by atoms with Crippen LogP contribution in [0.25, 0.3) is 0 Å². The van der Waals surface area contributed by atoms with Gasteiger partial charge in [-0.15, -0.1) is 6.58 Å². The lowest BCUT2D eigenvalue weighted by atomic mass is 10.0. The van der Waals surface area contributed by atoms with Gasteiger partial charge in [0.25, 0.3) is 0 Å². The van der Waals surface area contributed by atoms with Gasteiger partial charge < -0.3 is 5.11 Å². The zero-order chi connectivity index (χ0) is 12.6. The second-order valence-electron chi connectivity index (χ2n) is 3.98. The lowest BCUT2D eigenvalue weighted by molar-refractivity contribution is 0.0968. The summed E-state index contributed by atoms with van der Waals surface area (Å²) in [6.45, 7) is 9.27. The van der Waals surface area contributed by atoms with Crippen LogP contribution in [0.1, 0.15) is 37.6 Å². The van der Waals surface area contributed by atoms with E-state index in [2.05, 4.69) is 6.58 Å². The fraction of sp³-hybridized carbons (Fsp3) is 0.357. The molecule has 16 heavy (non-hydrogen) atoms. The Morgan fingerprint density at radius 2 is 1.81 bits per heavy atom. The van der Waals surface area contributed by atoms with Gasteiger partial charge in [-0.1, -0.05) is 19.9 Å². The first-order valence-corrected chi connectivity index (χ1v) is 5.40. The Bertz CT molecular complexity index is 323. The number of phenolic OH excluding ortho intramolecular Hbond substituents is 1. The maximum absolute atomic E-state index is 11.5. The largest absolute Gasteiger partial charge is 0.508 e. The van der Waals surface area contributed by atoms with Gasteiger partial charge in [-0.05, 0) is 37.1 Å². The maximum atomic E-state index is 11.5. The molecular weight excluding hydrogens is 200 g/mol. The zero-order valence-electron chi connectivity index (χ0n) is 10.2. The monoisotopic (exact) mass is 220 g/mol. The standard InChI is InChI=1S/C11H14O2.C3H6/c1-8(2)7-11(13)9-3-5-10(12)6-4-9;1-3-2/h3-6,8,12H,7H2,1-2H3;3H,1H2,2H3. The minimum atomic E-state index is 0.134. The molecule has 1 aromatic rings. The topological polar surface area (TPSA) is 37.3 Å². The number of ketones is 1. The van der Waals surface area contributed by atoms with Crippen molar-refractivity contribution in [1.82, 2.24) is 0 Å². The summed E-state index contributed by atoms with van der Waals surface area (Å²) >= 11 is 0. The fourth-order valence-corrected chi connectivity index (χ4v) is 1.14. The summed E-state index contributed by atoms with van der Waals surface area (Å²) < 4.78 is 0. The lowest BCUT2D eigenvalue weighted by Crippen LogP contribution is -2.02. The Labute approximate surface area is 97.6 Å². The Kier molecular flexibility index (Phi) is 6.93. The summed E-state index contributed by atoms with van der Waals surface area (Å²) in [5.41, 5.74) is 0.673. The molecule has 0 heterocycles. The molecule has 0 aliphatic carbocycles. The van der Waals surface area contributed by atoms with Crippen LogP contribution in [0.2, 0.25) is 0 Å². The van der Waals surface area contributed by atoms with Crippen LogP contribution >= 0.6 is 0 Å². The maximum Gasteiger partial charge on any atom is 0.163 e. The number of benzene rings is 1. The number of Topliss-reactive ketones (excluding diaryl/α,β-unsaturated/α-hetero) is 1. The highest BCUT2D eigenvalue weighted by molar-refractivity contribution is 5.96. The van der Waals surface area contributed by atoms with E-state index in [1.165, 1.54) is 12.1 Å². The third kappa shape index (κ3) is 6.02. The highest BCUT2D eigenvalue weighted by atomic mass is 16.3. The summed E-state index contributed by atoms with van der Waals surface area (Å²) in [7, 11) is 0. The third-order valence-corrected chi connectivity index (χ3v) is 1.78. The van der Waals surface area contributed by atoms with E-state index in [-0.39, 0.29) is 11.5 Å². The van der Waals surface area contributed by atoms with E-state index in [0.717, 1.165) is 0 Å². The third-order valence-electron chi connectivity index (χ3n) is 1.78. The van der Waals surface area contributed by atoms with Gasteiger partial charge in [-0.2, -0.15) is 0 Å². The van der Waals surface area contributed by atoms with Crippen molar-refractivity contribution in [3.63, 3.8) is 0 Å². The molecule has 88 valence electrons. The second kappa shape index (κ2) is 7.69. The Morgan fingerprint density at radius 1 is 1.38 bits per heavy atom. The highest BCUT2D eigenvalue weighted by Gasteiger charge is 2.07. The van der Waals surface area contributed by atoms with Crippen molar-refractivity contribution in [2.45, 2.75) is 27.2 Å². The second-order valence-corrected chi connectivity index (χ2v) is 3.98. The van der Waals surface area contributed by atoms with E-state index in [0.29, 0.717) is 17.9 Å². The van der Waals surface area contributed by atoms with E-state index < -0.39 is 0 Å². The predicted molar refractivity (Wildman–Crippen MR) is 67.8 cm³/mol. The average molecular weight is 220 g/mol. The summed E-state index contributed by atoms with van der Waals surface area (Å²) in [6, 6.07) is 6.38. The summed E-state index contributed by atoms with van der Waals surface area (Å²) in [5.74, 6) is 0.706. The van der Waals surface area contributed by atoms with Crippen molar-refractivity contribution >= 4 is 5.78 Å². The molecule has 2 heteroatoms. The molecule has 0 fully saturated rings. The van der Waals surface area contributed by atoms with E-state index >= 15 is 0 Å². The molecule has 0 atom stereocenters. The van der Waals surface area contributed by atoms with Crippen LogP contribution in [0, 0.1) is 5.92 Å². The van der Waals surface area contributed by atoms with E-state index in [1.807, 2.05) is 20.8 Å². The average Bonchev–Trinajstić information content (AvgIpc) is 2.18. The SMILES string of the molecule is C=CC.CC(C)CC(=O)c1ccc(O)cc1. The minimum Gasteiger partial charge on any atom is -0.508 e. The van der Waals surface area contributed by atoms with Gasteiger partial charge in [-0.3, -0.25) is 4.79 Å². The molecule has 0 aliphatic rings. The van der Waals surface area contributed by atoms with Gasteiger partial charge in [0, 0.05) is 12.0 Å². The van der Waals surface area contributed by atoms with Crippen molar-refractivity contribution in [2.24, 2.45) is 5.92 Å². The number of carbonyl (C=O) groups is 1. The molecule has 1 aromatic carbocycles. The zero-order valence-corrected chi connectivity index (χ0v) is 10.2. The first-order chi connectivity index (χ1) is 7.51. The molecule has 0 spiro atoms. The molecule has 1 N–H and O–H groups in total. The van der Waals surface area contributed by atoms with E-state index in [9.17, 15) is 4.79 Å². The summed E-state index contributed by atoms with van der Waals surface area (Å²) in [6.07, 6.45) is 2.31. The van der Waals surface area contributed by atoms with Gasteiger partial charge in [0.15, 0.2) is 5.78 Å². The van der Waals surface area contributed by atoms with Crippen molar-refractivity contribution in [3.05, 3.63) is 42.5 Å². The van der Waals surface area contributed by atoms with Gasteiger partial charge in [0.1, 0.15) is 5.75 Å². The number of hydrogen-bond acceptors (Lipinski definition) is 2.